The van der Waals surface area contributed by atoms with E-state index in [1.807, 2.05) is 0 Å². The number of esters is 1. The maximum Gasteiger partial charge on any atom is 0.363 e. The molecule has 3 rings (SSSR count). The fraction of sp³-hybridized carbons (Fsp3) is 0.0588. The van der Waals surface area contributed by atoms with Crippen molar-refractivity contribution in [1.29, 1.82) is 0 Å². The minimum atomic E-state index is -0.540. The van der Waals surface area contributed by atoms with Crippen molar-refractivity contribution < 1.29 is 19.4 Å². The molecule has 0 amide bonds. The summed E-state index contributed by atoms with van der Waals surface area (Å²) in [6.07, 6.45) is 1.56. The average Bonchev–Trinajstić information content (AvgIpc) is 2.91. The fourth-order valence-corrected chi connectivity index (χ4v) is 2.19. The van der Waals surface area contributed by atoms with Gasteiger partial charge in [-0.05, 0) is 48.0 Å². The van der Waals surface area contributed by atoms with Crippen molar-refractivity contribution in [2.24, 2.45) is 4.99 Å². The topological polar surface area (TPSA) is 68.1 Å². The number of rotatable bonds is 3. The van der Waals surface area contributed by atoms with Crippen molar-refractivity contribution in [3.05, 3.63) is 64.3 Å². The number of aliphatic imine (C=N–C) groups is 1. The Bertz CT molecular complexity index is 825. The Balaban J connectivity index is 1.93. The summed E-state index contributed by atoms with van der Waals surface area (Å²) >= 11 is 5.83. The number of aromatic hydroxyl groups is 1. The van der Waals surface area contributed by atoms with Crippen LogP contribution < -0.4 is 4.74 Å². The lowest BCUT2D eigenvalue weighted by atomic mass is 10.1. The second-order valence-electron chi connectivity index (χ2n) is 4.77. The van der Waals surface area contributed by atoms with Gasteiger partial charge in [-0.1, -0.05) is 17.7 Å². The van der Waals surface area contributed by atoms with E-state index in [0.717, 1.165) is 0 Å². The molecule has 0 radical (unpaired) electrons. The predicted molar refractivity (Wildman–Crippen MR) is 86.7 cm³/mol. The second-order valence-corrected chi connectivity index (χ2v) is 5.21. The van der Waals surface area contributed by atoms with Gasteiger partial charge in [0.1, 0.15) is 0 Å². The van der Waals surface area contributed by atoms with E-state index in [1.54, 1.807) is 42.5 Å². The summed E-state index contributed by atoms with van der Waals surface area (Å²) in [5, 5.41) is 10.2. The van der Waals surface area contributed by atoms with Crippen LogP contribution in [0, 0.1) is 0 Å². The molecule has 0 fully saturated rings. The van der Waals surface area contributed by atoms with Crippen LogP contribution in [0.1, 0.15) is 11.1 Å². The highest BCUT2D eigenvalue weighted by atomic mass is 35.5. The molecule has 0 atom stereocenters. The van der Waals surface area contributed by atoms with Gasteiger partial charge < -0.3 is 14.6 Å². The summed E-state index contributed by atoms with van der Waals surface area (Å²) in [6, 6.07) is 11.6. The Labute approximate surface area is 137 Å². The number of ether oxygens (including phenoxy) is 2. The molecule has 6 heteroatoms. The molecule has 116 valence electrons. The van der Waals surface area contributed by atoms with E-state index < -0.39 is 5.97 Å². The van der Waals surface area contributed by atoms with Crippen molar-refractivity contribution in [3.8, 4) is 11.5 Å². The van der Waals surface area contributed by atoms with Crippen LogP contribution in [0.2, 0.25) is 5.02 Å². The molecule has 23 heavy (non-hydrogen) atoms. The number of hydrogen-bond acceptors (Lipinski definition) is 5. The van der Waals surface area contributed by atoms with E-state index in [1.165, 1.54) is 13.2 Å². The second kappa shape index (κ2) is 6.14. The number of halogens is 1. The summed E-state index contributed by atoms with van der Waals surface area (Å²) in [5.41, 5.74) is 1.49. The molecular formula is C17H12ClNO4. The summed E-state index contributed by atoms with van der Waals surface area (Å²) in [5.74, 6) is 0.0206. The van der Waals surface area contributed by atoms with Crippen molar-refractivity contribution >= 4 is 29.5 Å². The molecule has 5 nitrogen and oxygen atoms in total. The van der Waals surface area contributed by atoms with E-state index in [0.29, 0.717) is 21.9 Å². The summed E-state index contributed by atoms with van der Waals surface area (Å²) in [7, 11) is 1.45. The zero-order valence-electron chi connectivity index (χ0n) is 12.1. The van der Waals surface area contributed by atoms with Crippen molar-refractivity contribution in [3.63, 3.8) is 0 Å². The SMILES string of the molecule is COc1cc(/C=C2/N=C(c3ccc(Cl)cc3)OC2=O)ccc1O. The summed E-state index contributed by atoms with van der Waals surface area (Å²) in [6.45, 7) is 0. The number of cyclic esters (lactones) is 1. The molecule has 0 aliphatic carbocycles. The first-order valence-corrected chi connectivity index (χ1v) is 7.10. The van der Waals surface area contributed by atoms with Gasteiger partial charge in [0.2, 0.25) is 5.90 Å². The number of benzene rings is 2. The number of carbonyl (C=O) groups excluding carboxylic acids is 1. The Hall–Kier alpha value is -2.79. The lowest BCUT2D eigenvalue weighted by Gasteiger charge is -2.03. The van der Waals surface area contributed by atoms with E-state index in [2.05, 4.69) is 4.99 Å². The van der Waals surface area contributed by atoms with E-state index in [9.17, 15) is 9.90 Å². The lowest BCUT2D eigenvalue weighted by Crippen LogP contribution is -2.05. The number of hydrogen-bond donors (Lipinski definition) is 1. The van der Waals surface area contributed by atoms with Gasteiger partial charge in [-0.25, -0.2) is 9.79 Å². The van der Waals surface area contributed by atoms with Gasteiger partial charge in [0.25, 0.3) is 0 Å². The van der Waals surface area contributed by atoms with E-state index >= 15 is 0 Å². The van der Waals surface area contributed by atoms with Crippen molar-refractivity contribution in [2.45, 2.75) is 0 Å². The highest BCUT2D eigenvalue weighted by Crippen LogP contribution is 2.28. The van der Waals surface area contributed by atoms with Gasteiger partial charge in [-0.15, -0.1) is 0 Å². The monoisotopic (exact) mass is 329 g/mol. The first kappa shape index (κ1) is 15.1. The van der Waals surface area contributed by atoms with Gasteiger partial charge >= 0.3 is 5.97 Å². The standard InChI is InChI=1S/C17H12ClNO4/c1-22-15-9-10(2-7-14(15)20)8-13-17(21)23-16(19-13)11-3-5-12(18)6-4-11/h2-9,20H,1H3/b13-8+. The third kappa shape index (κ3) is 3.19. The minimum absolute atomic E-state index is 0.0222. The molecule has 0 saturated heterocycles. The van der Waals surface area contributed by atoms with Crippen LogP contribution >= 0.6 is 11.6 Å². The van der Waals surface area contributed by atoms with Crippen LogP contribution in [0.5, 0.6) is 11.5 Å². The Morgan fingerprint density at radius 2 is 1.96 bits per heavy atom. The third-order valence-electron chi connectivity index (χ3n) is 3.22. The zero-order chi connectivity index (χ0) is 16.4. The van der Waals surface area contributed by atoms with E-state index in [4.69, 9.17) is 21.1 Å². The van der Waals surface area contributed by atoms with Crippen LogP contribution in [-0.4, -0.2) is 24.1 Å². The maximum atomic E-state index is 11.9. The summed E-state index contributed by atoms with van der Waals surface area (Å²) < 4.78 is 10.2. The molecule has 0 spiro atoms. The van der Waals surface area contributed by atoms with Gasteiger partial charge in [0.05, 0.1) is 7.11 Å². The van der Waals surface area contributed by atoms with Gasteiger partial charge in [0, 0.05) is 10.6 Å². The third-order valence-corrected chi connectivity index (χ3v) is 3.47. The van der Waals surface area contributed by atoms with Crippen LogP contribution in [0.15, 0.2) is 53.2 Å². The molecular weight excluding hydrogens is 318 g/mol. The molecule has 0 unspecified atom stereocenters. The first-order chi connectivity index (χ1) is 11.1. The van der Waals surface area contributed by atoms with Gasteiger partial charge in [-0.3, -0.25) is 0 Å². The highest BCUT2D eigenvalue weighted by Gasteiger charge is 2.24. The van der Waals surface area contributed by atoms with Crippen LogP contribution in [0.3, 0.4) is 0 Å². The quantitative estimate of drug-likeness (QED) is 0.692. The summed E-state index contributed by atoms with van der Waals surface area (Å²) in [4.78, 5) is 16.1. The van der Waals surface area contributed by atoms with Gasteiger partial charge in [0.15, 0.2) is 17.2 Å². The molecule has 1 aliphatic heterocycles. The van der Waals surface area contributed by atoms with E-state index in [-0.39, 0.29) is 17.3 Å². The maximum absolute atomic E-state index is 11.9. The molecule has 1 aliphatic rings. The number of phenolic OH excluding ortho intramolecular Hbond substituents is 1. The molecule has 0 aromatic heterocycles. The Kier molecular flexibility index (Phi) is 4.04. The molecule has 1 heterocycles. The number of phenols is 1. The molecule has 2 aromatic rings. The largest absolute Gasteiger partial charge is 0.504 e. The molecule has 0 saturated carbocycles. The Morgan fingerprint density at radius 1 is 1.22 bits per heavy atom. The Morgan fingerprint density at radius 3 is 2.65 bits per heavy atom. The van der Waals surface area contributed by atoms with Crippen molar-refractivity contribution in [2.75, 3.05) is 7.11 Å². The average molecular weight is 330 g/mol. The van der Waals surface area contributed by atoms with Crippen LogP contribution in [0.4, 0.5) is 0 Å². The zero-order valence-corrected chi connectivity index (χ0v) is 12.9. The van der Waals surface area contributed by atoms with Gasteiger partial charge in [-0.2, -0.15) is 0 Å². The highest BCUT2D eigenvalue weighted by molar-refractivity contribution is 6.30. The molecule has 2 aromatic carbocycles. The normalized spacial score (nSPS) is 15.5. The van der Waals surface area contributed by atoms with Crippen LogP contribution in [0.25, 0.3) is 6.08 Å². The van der Waals surface area contributed by atoms with Crippen molar-refractivity contribution in [1.82, 2.24) is 0 Å². The number of nitrogens with zero attached hydrogens (tertiary/aromatic N) is 1. The molecule has 0 bridgehead atoms. The fourth-order valence-electron chi connectivity index (χ4n) is 2.07. The van der Waals surface area contributed by atoms with Crippen LogP contribution in [-0.2, 0) is 9.53 Å². The molecule has 1 N–H and O–H groups in total. The lowest BCUT2D eigenvalue weighted by molar-refractivity contribution is -0.129. The smallest absolute Gasteiger partial charge is 0.363 e. The minimum Gasteiger partial charge on any atom is -0.504 e. The first-order valence-electron chi connectivity index (χ1n) is 6.72. The number of carbonyl (C=O) groups is 1. The predicted octanol–water partition coefficient (Wildman–Crippen LogP) is 3.40. The number of methoxy groups -OCH3 is 1.